The van der Waals surface area contributed by atoms with E-state index in [-0.39, 0.29) is 5.63 Å². The molecule has 0 radical (unpaired) electrons. The van der Waals surface area contributed by atoms with Crippen LogP contribution in [0.5, 0.6) is 5.75 Å². The lowest BCUT2D eigenvalue weighted by atomic mass is 10.1. The van der Waals surface area contributed by atoms with Gasteiger partial charge in [-0.1, -0.05) is 29.5 Å². The van der Waals surface area contributed by atoms with Crippen molar-refractivity contribution in [2.45, 2.75) is 19.1 Å². The van der Waals surface area contributed by atoms with E-state index in [0.29, 0.717) is 34.8 Å². The molecule has 0 atom stereocenters. The fourth-order valence-electron chi connectivity index (χ4n) is 2.76. The van der Waals surface area contributed by atoms with Crippen LogP contribution in [-0.2, 0) is 0 Å². The van der Waals surface area contributed by atoms with Gasteiger partial charge in [0.1, 0.15) is 11.3 Å². The van der Waals surface area contributed by atoms with Gasteiger partial charge in [-0.25, -0.2) is 4.79 Å². The van der Waals surface area contributed by atoms with E-state index in [1.54, 1.807) is 6.07 Å². The van der Waals surface area contributed by atoms with E-state index in [1.807, 2.05) is 50.2 Å². The Morgan fingerprint density at radius 3 is 2.64 bits per heavy atom. The van der Waals surface area contributed by atoms with Crippen molar-refractivity contribution in [1.82, 2.24) is 10.2 Å². The van der Waals surface area contributed by atoms with Gasteiger partial charge < -0.3 is 13.6 Å². The number of rotatable bonds is 6. The van der Waals surface area contributed by atoms with E-state index in [1.165, 1.54) is 23.4 Å². The van der Waals surface area contributed by atoms with Crippen molar-refractivity contribution in [2.75, 3.05) is 12.4 Å². The first kappa shape index (κ1) is 18.3. The Morgan fingerprint density at radius 1 is 1.00 bits per heavy atom. The predicted molar refractivity (Wildman–Crippen MR) is 108 cm³/mol. The molecular weight excluding hydrogens is 376 g/mol. The fraction of sp³-hybridized carbons (Fsp3) is 0.190. The highest BCUT2D eigenvalue weighted by Crippen LogP contribution is 2.25. The lowest BCUT2D eigenvalue weighted by Crippen LogP contribution is -2.01. The van der Waals surface area contributed by atoms with Crippen molar-refractivity contribution < 1.29 is 13.6 Å². The number of aromatic nitrogens is 2. The number of thioether (sulfide) groups is 1. The van der Waals surface area contributed by atoms with Crippen molar-refractivity contribution in [2.24, 2.45) is 0 Å². The highest BCUT2D eigenvalue weighted by atomic mass is 32.2. The molecule has 0 fully saturated rings. The van der Waals surface area contributed by atoms with Gasteiger partial charge in [0.25, 0.3) is 5.22 Å². The van der Waals surface area contributed by atoms with E-state index >= 15 is 0 Å². The second-order valence-corrected chi connectivity index (χ2v) is 7.39. The van der Waals surface area contributed by atoms with Crippen molar-refractivity contribution in [3.63, 3.8) is 0 Å². The Bertz CT molecular complexity index is 1170. The lowest BCUT2D eigenvalue weighted by Gasteiger charge is -2.06. The van der Waals surface area contributed by atoms with Crippen molar-refractivity contribution in [1.29, 1.82) is 0 Å². The van der Waals surface area contributed by atoms with Crippen LogP contribution in [0, 0.1) is 13.8 Å². The molecule has 0 aliphatic carbocycles. The lowest BCUT2D eigenvalue weighted by molar-refractivity contribution is 0.343. The van der Waals surface area contributed by atoms with Gasteiger partial charge in [-0.05, 0) is 43.7 Å². The first-order chi connectivity index (χ1) is 13.6. The van der Waals surface area contributed by atoms with Crippen molar-refractivity contribution in [3.8, 4) is 17.2 Å². The van der Waals surface area contributed by atoms with Gasteiger partial charge in [0, 0.05) is 28.8 Å². The molecule has 0 bridgehead atoms. The summed E-state index contributed by atoms with van der Waals surface area (Å²) in [7, 11) is 0. The predicted octanol–water partition coefficient (Wildman–Crippen LogP) is 4.63. The number of hydrogen-bond donors (Lipinski definition) is 0. The summed E-state index contributed by atoms with van der Waals surface area (Å²) in [6.45, 7) is 4.36. The van der Waals surface area contributed by atoms with Gasteiger partial charge in [-0.2, -0.15) is 0 Å². The van der Waals surface area contributed by atoms with Crippen LogP contribution >= 0.6 is 11.8 Å². The molecule has 2 aromatic heterocycles. The van der Waals surface area contributed by atoms with Crippen LogP contribution in [0.2, 0.25) is 0 Å². The molecular formula is C21H18N2O4S. The second-order valence-electron chi connectivity index (χ2n) is 6.34. The molecule has 142 valence electrons. The van der Waals surface area contributed by atoms with E-state index in [0.717, 1.165) is 16.5 Å². The topological polar surface area (TPSA) is 78.4 Å². The van der Waals surface area contributed by atoms with Gasteiger partial charge in [0.2, 0.25) is 5.89 Å². The van der Waals surface area contributed by atoms with Gasteiger partial charge in [0.15, 0.2) is 0 Å². The standard InChI is InChI=1S/C21H18N2O4S/c1-13-3-5-15(6-4-13)20-22-23-21(27-20)28-10-9-25-16-7-8-17-14(2)11-19(24)26-18(17)12-16/h3-8,11-12H,9-10H2,1-2H3. The minimum atomic E-state index is -0.363. The van der Waals surface area contributed by atoms with Crippen molar-refractivity contribution >= 4 is 22.7 Å². The summed E-state index contributed by atoms with van der Waals surface area (Å²) < 4.78 is 16.7. The number of fused-ring (bicyclic) bond motifs is 1. The number of nitrogens with zero attached hydrogens (tertiary/aromatic N) is 2. The average Bonchev–Trinajstić information content (AvgIpc) is 3.14. The van der Waals surface area contributed by atoms with Crippen LogP contribution < -0.4 is 10.4 Å². The molecule has 0 N–H and O–H groups in total. The zero-order valence-corrected chi connectivity index (χ0v) is 16.3. The fourth-order valence-corrected chi connectivity index (χ4v) is 3.34. The van der Waals surface area contributed by atoms with Crippen LogP contribution in [0.15, 0.2) is 67.4 Å². The molecule has 4 aromatic rings. The maximum Gasteiger partial charge on any atom is 0.336 e. The van der Waals surface area contributed by atoms with Crippen molar-refractivity contribution in [3.05, 3.63) is 70.1 Å². The third kappa shape index (κ3) is 4.09. The highest BCUT2D eigenvalue weighted by Gasteiger charge is 2.09. The molecule has 2 aromatic carbocycles. The maximum atomic E-state index is 11.5. The minimum Gasteiger partial charge on any atom is -0.493 e. The highest BCUT2D eigenvalue weighted by molar-refractivity contribution is 7.99. The summed E-state index contributed by atoms with van der Waals surface area (Å²) >= 11 is 1.43. The van der Waals surface area contributed by atoms with Gasteiger partial charge in [-0.3, -0.25) is 0 Å². The zero-order valence-electron chi connectivity index (χ0n) is 15.5. The zero-order chi connectivity index (χ0) is 19.5. The first-order valence-electron chi connectivity index (χ1n) is 8.79. The summed E-state index contributed by atoms with van der Waals surface area (Å²) in [6.07, 6.45) is 0. The van der Waals surface area contributed by atoms with Gasteiger partial charge >= 0.3 is 5.63 Å². The van der Waals surface area contributed by atoms with Crippen LogP contribution in [-0.4, -0.2) is 22.6 Å². The molecule has 0 spiro atoms. The SMILES string of the molecule is Cc1ccc(-c2nnc(SCCOc3ccc4c(C)cc(=O)oc4c3)o2)cc1. The second kappa shape index (κ2) is 7.90. The maximum absolute atomic E-state index is 11.5. The normalized spacial score (nSPS) is 11.1. The molecule has 0 saturated heterocycles. The van der Waals surface area contributed by atoms with Gasteiger partial charge in [-0.15, -0.1) is 10.2 Å². The molecule has 4 rings (SSSR count). The van der Waals surface area contributed by atoms with E-state index in [9.17, 15) is 4.79 Å². The summed E-state index contributed by atoms with van der Waals surface area (Å²) in [5.41, 5.74) is 3.12. The minimum absolute atomic E-state index is 0.363. The molecule has 0 aliphatic rings. The number of hydrogen-bond acceptors (Lipinski definition) is 7. The summed E-state index contributed by atoms with van der Waals surface area (Å²) in [5, 5.41) is 9.54. The molecule has 0 saturated carbocycles. The molecule has 2 heterocycles. The molecule has 0 aliphatic heterocycles. The Morgan fingerprint density at radius 2 is 1.82 bits per heavy atom. The first-order valence-corrected chi connectivity index (χ1v) is 9.78. The summed E-state index contributed by atoms with van der Waals surface area (Å²) in [4.78, 5) is 11.5. The molecule has 28 heavy (non-hydrogen) atoms. The van der Waals surface area contributed by atoms with E-state index in [4.69, 9.17) is 13.6 Å². The third-order valence-corrected chi connectivity index (χ3v) is 4.99. The molecule has 0 amide bonds. The Hall–Kier alpha value is -3.06. The summed E-state index contributed by atoms with van der Waals surface area (Å²) in [5.74, 6) is 1.79. The number of ether oxygens (including phenoxy) is 1. The van der Waals surface area contributed by atoms with Crippen LogP contribution in [0.4, 0.5) is 0 Å². The van der Waals surface area contributed by atoms with E-state index < -0.39 is 0 Å². The van der Waals surface area contributed by atoms with Crippen LogP contribution in [0.25, 0.3) is 22.4 Å². The molecule has 7 heteroatoms. The van der Waals surface area contributed by atoms with Crippen LogP contribution in [0.1, 0.15) is 11.1 Å². The Labute approximate surface area is 165 Å². The smallest absolute Gasteiger partial charge is 0.336 e. The number of benzene rings is 2. The third-order valence-electron chi connectivity index (χ3n) is 4.21. The Kier molecular flexibility index (Phi) is 5.16. The van der Waals surface area contributed by atoms with E-state index in [2.05, 4.69) is 10.2 Å². The Balaban J connectivity index is 1.34. The van der Waals surface area contributed by atoms with Gasteiger partial charge in [0.05, 0.1) is 6.61 Å². The average molecular weight is 394 g/mol. The number of aryl methyl sites for hydroxylation is 2. The molecule has 0 unspecified atom stereocenters. The molecule has 6 nitrogen and oxygen atoms in total. The van der Waals surface area contributed by atoms with Crippen LogP contribution in [0.3, 0.4) is 0 Å². The summed E-state index contributed by atoms with van der Waals surface area (Å²) in [6, 6.07) is 14.9. The quantitative estimate of drug-likeness (QED) is 0.268. The monoisotopic (exact) mass is 394 g/mol. The largest absolute Gasteiger partial charge is 0.493 e.